The van der Waals surface area contributed by atoms with Gasteiger partial charge in [-0.1, -0.05) is 0 Å². The molecular weight excluding hydrogens is 350 g/mol. The summed E-state index contributed by atoms with van der Waals surface area (Å²) in [4.78, 5) is 22.1. The molecule has 2 aliphatic heterocycles. The summed E-state index contributed by atoms with van der Waals surface area (Å²) in [6.07, 6.45) is 5.03. The molecular formula is C19H23N3O3S. The molecule has 0 unspecified atom stereocenters. The van der Waals surface area contributed by atoms with Gasteiger partial charge in [0.05, 0.1) is 13.7 Å². The van der Waals surface area contributed by atoms with Crippen molar-refractivity contribution in [2.24, 2.45) is 0 Å². The first kappa shape index (κ1) is 17.1. The molecule has 7 heteroatoms. The van der Waals surface area contributed by atoms with Gasteiger partial charge < -0.3 is 19.3 Å². The second kappa shape index (κ2) is 7.53. The van der Waals surface area contributed by atoms with Crippen LogP contribution in [0.4, 0.5) is 5.82 Å². The van der Waals surface area contributed by atoms with Gasteiger partial charge in [0.2, 0.25) is 0 Å². The average molecular weight is 373 g/mol. The monoisotopic (exact) mass is 373 g/mol. The number of hydrogen-bond donors (Lipinski definition) is 0. The van der Waals surface area contributed by atoms with Crippen LogP contribution in [0.1, 0.15) is 28.9 Å². The SMILES string of the molecule is COc1ccsc1C(=O)N1CC[C@@H](Oc2cccnc2N2CCCC2)C1. The molecule has 4 heterocycles. The fraction of sp³-hybridized carbons (Fsp3) is 0.474. The Balaban J connectivity index is 1.43. The molecule has 2 aliphatic rings. The summed E-state index contributed by atoms with van der Waals surface area (Å²) in [5, 5.41) is 1.88. The van der Waals surface area contributed by atoms with Crippen LogP contribution in [0.15, 0.2) is 29.8 Å². The molecule has 6 nitrogen and oxygen atoms in total. The van der Waals surface area contributed by atoms with Crippen LogP contribution in [-0.4, -0.2) is 55.2 Å². The normalized spacial score (nSPS) is 19.8. The Bertz CT molecular complexity index is 773. The zero-order valence-electron chi connectivity index (χ0n) is 14.9. The van der Waals surface area contributed by atoms with Crippen LogP contribution in [0.5, 0.6) is 11.5 Å². The minimum absolute atomic E-state index is 0.00420. The summed E-state index contributed by atoms with van der Waals surface area (Å²) in [7, 11) is 1.59. The zero-order chi connectivity index (χ0) is 17.9. The number of pyridine rings is 1. The molecule has 26 heavy (non-hydrogen) atoms. The summed E-state index contributed by atoms with van der Waals surface area (Å²) in [5.41, 5.74) is 0. The topological polar surface area (TPSA) is 54.9 Å². The van der Waals surface area contributed by atoms with Crippen molar-refractivity contribution in [1.29, 1.82) is 0 Å². The molecule has 0 aromatic carbocycles. The van der Waals surface area contributed by atoms with Crippen LogP contribution in [0.2, 0.25) is 0 Å². The number of methoxy groups -OCH3 is 1. The molecule has 138 valence electrons. The van der Waals surface area contributed by atoms with E-state index in [1.165, 1.54) is 24.2 Å². The number of anilines is 1. The lowest BCUT2D eigenvalue weighted by atomic mass is 10.3. The highest BCUT2D eigenvalue weighted by molar-refractivity contribution is 7.12. The van der Waals surface area contributed by atoms with Gasteiger partial charge in [-0.2, -0.15) is 0 Å². The summed E-state index contributed by atoms with van der Waals surface area (Å²) >= 11 is 1.42. The Morgan fingerprint density at radius 3 is 2.88 bits per heavy atom. The van der Waals surface area contributed by atoms with E-state index in [1.54, 1.807) is 7.11 Å². The molecule has 0 aliphatic carbocycles. The van der Waals surface area contributed by atoms with Crippen LogP contribution in [0.25, 0.3) is 0 Å². The van der Waals surface area contributed by atoms with Crippen LogP contribution < -0.4 is 14.4 Å². The van der Waals surface area contributed by atoms with Crippen LogP contribution >= 0.6 is 11.3 Å². The van der Waals surface area contributed by atoms with Crippen molar-refractivity contribution in [3.05, 3.63) is 34.7 Å². The molecule has 0 spiro atoms. The van der Waals surface area contributed by atoms with E-state index >= 15 is 0 Å². The molecule has 2 saturated heterocycles. The van der Waals surface area contributed by atoms with Crippen molar-refractivity contribution in [3.63, 3.8) is 0 Å². The second-order valence-electron chi connectivity index (χ2n) is 6.62. The zero-order valence-corrected chi connectivity index (χ0v) is 15.7. The van der Waals surface area contributed by atoms with E-state index in [4.69, 9.17) is 9.47 Å². The maximum absolute atomic E-state index is 12.7. The van der Waals surface area contributed by atoms with E-state index in [-0.39, 0.29) is 12.0 Å². The fourth-order valence-electron chi connectivity index (χ4n) is 3.59. The molecule has 2 fully saturated rings. The van der Waals surface area contributed by atoms with Crippen LogP contribution in [0.3, 0.4) is 0 Å². The van der Waals surface area contributed by atoms with E-state index in [0.29, 0.717) is 23.7 Å². The number of rotatable bonds is 5. The van der Waals surface area contributed by atoms with Gasteiger partial charge in [-0.15, -0.1) is 11.3 Å². The number of thiophene rings is 1. The predicted octanol–water partition coefficient (Wildman–Crippen LogP) is 3.05. The number of amides is 1. The highest BCUT2D eigenvalue weighted by Crippen LogP contribution is 2.31. The van der Waals surface area contributed by atoms with Gasteiger partial charge >= 0.3 is 0 Å². The first-order valence-electron chi connectivity index (χ1n) is 9.03. The number of aromatic nitrogens is 1. The molecule has 0 radical (unpaired) electrons. The highest BCUT2D eigenvalue weighted by atomic mass is 32.1. The summed E-state index contributed by atoms with van der Waals surface area (Å²) < 4.78 is 11.5. The third-order valence-electron chi connectivity index (χ3n) is 4.93. The predicted molar refractivity (Wildman–Crippen MR) is 101 cm³/mol. The van der Waals surface area contributed by atoms with E-state index in [0.717, 1.165) is 31.1 Å². The lowest BCUT2D eigenvalue weighted by Gasteiger charge is -2.22. The third kappa shape index (κ3) is 3.35. The first-order valence-corrected chi connectivity index (χ1v) is 9.91. The lowest BCUT2D eigenvalue weighted by Crippen LogP contribution is -2.31. The van der Waals surface area contributed by atoms with Crippen LogP contribution in [-0.2, 0) is 0 Å². The second-order valence-corrected chi connectivity index (χ2v) is 7.53. The molecule has 0 N–H and O–H groups in total. The molecule has 1 amide bonds. The van der Waals surface area contributed by atoms with E-state index < -0.39 is 0 Å². The maximum Gasteiger partial charge on any atom is 0.267 e. The molecule has 0 saturated carbocycles. The van der Waals surface area contributed by atoms with Crippen molar-refractivity contribution in [3.8, 4) is 11.5 Å². The van der Waals surface area contributed by atoms with E-state index in [2.05, 4.69) is 9.88 Å². The summed E-state index contributed by atoms with van der Waals surface area (Å²) in [6.45, 7) is 3.35. The van der Waals surface area contributed by atoms with Crippen molar-refractivity contribution in [2.45, 2.75) is 25.4 Å². The molecule has 1 atom stereocenters. The van der Waals surface area contributed by atoms with Gasteiger partial charge in [-0.25, -0.2) is 4.98 Å². The Labute approximate surface area is 157 Å². The van der Waals surface area contributed by atoms with Gasteiger partial charge in [0, 0.05) is 32.3 Å². The third-order valence-corrected chi connectivity index (χ3v) is 5.81. The number of nitrogens with zero attached hydrogens (tertiary/aromatic N) is 3. The molecule has 4 rings (SSSR count). The summed E-state index contributed by atoms with van der Waals surface area (Å²) in [6, 6.07) is 5.72. The average Bonchev–Trinajstić information content (AvgIpc) is 3.42. The van der Waals surface area contributed by atoms with E-state index in [9.17, 15) is 4.79 Å². The molecule has 2 aromatic rings. The Hall–Kier alpha value is -2.28. The Morgan fingerprint density at radius 1 is 1.23 bits per heavy atom. The highest BCUT2D eigenvalue weighted by Gasteiger charge is 2.31. The van der Waals surface area contributed by atoms with Crippen LogP contribution in [0, 0.1) is 0 Å². The largest absolute Gasteiger partial charge is 0.495 e. The lowest BCUT2D eigenvalue weighted by molar-refractivity contribution is 0.0774. The number of likely N-dealkylation sites (tertiary alicyclic amines) is 1. The van der Waals surface area contributed by atoms with Gasteiger partial charge in [0.1, 0.15) is 16.7 Å². The summed E-state index contributed by atoms with van der Waals surface area (Å²) in [5.74, 6) is 2.42. The van der Waals surface area contributed by atoms with Crippen molar-refractivity contribution < 1.29 is 14.3 Å². The van der Waals surface area contributed by atoms with Gasteiger partial charge in [0.15, 0.2) is 11.6 Å². The minimum Gasteiger partial charge on any atom is -0.495 e. The van der Waals surface area contributed by atoms with Gasteiger partial charge in [0.25, 0.3) is 5.91 Å². The minimum atomic E-state index is -0.00420. The van der Waals surface area contributed by atoms with Gasteiger partial charge in [-0.3, -0.25) is 4.79 Å². The number of hydrogen-bond acceptors (Lipinski definition) is 6. The Kier molecular flexibility index (Phi) is 4.97. The fourth-order valence-corrected chi connectivity index (χ4v) is 4.41. The number of ether oxygens (including phenoxy) is 2. The molecule has 0 bridgehead atoms. The van der Waals surface area contributed by atoms with Crippen molar-refractivity contribution in [2.75, 3.05) is 38.2 Å². The molecule has 2 aromatic heterocycles. The smallest absolute Gasteiger partial charge is 0.267 e. The Morgan fingerprint density at radius 2 is 2.08 bits per heavy atom. The maximum atomic E-state index is 12.7. The number of carbonyl (C=O) groups excluding carboxylic acids is 1. The number of carbonyl (C=O) groups is 1. The van der Waals surface area contributed by atoms with Gasteiger partial charge in [-0.05, 0) is 36.4 Å². The van der Waals surface area contributed by atoms with Crippen molar-refractivity contribution in [1.82, 2.24) is 9.88 Å². The quantitative estimate of drug-likeness (QED) is 0.806. The van der Waals surface area contributed by atoms with E-state index in [1.807, 2.05) is 34.7 Å². The van der Waals surface area contributed by atoms with Crippen molar-refractivity contribution >= 4 is 23.1 Å². The first-order chi connectivity index (χ1) is 12.8. The standard InChI is InChI=1S/C19H23N3O3S/c1-24-15-7-12-26-17(15)19(23)22-11-6-14(13-22)25-16-5-4-8-20-18(16)21-9-2-3-10-21/h4-5,7-8,12,14H,2-3,6,9-11,13H2,1H3/t14-/m1/s1.